The number of carbonyl (C=O) groups excluding carboxylic acids is 1. The van der Waals surface area contributed by atoms with E-state index < -0.39 is 10.0 Å². The molecule has 1 amide bonds. The van der Waals surface area contributed by atoms with Gasteiger partial charge in [0.2, 0.25) is 10.0 Å². The Kier molecular flexibility index (Phi) is 5.26. The van der Waals surface area contributed by atoms with E-state index in [1.807, 2.05) is 6.07 Å². The minimum Gasteiger partial charge on any atom is -0.395 e. The van der Waals surface area contributed by atoms with Gasteiger partial charge in [-0.2, -0.15) is 0 Å². The van der Waals surface area contributed by atoms with Crippen LogP contribution in [0.5, 0.6) is 0 Å². The first kappa shape index (κ1) is 16.2. The number of sulfonamides is 1. The number of rotatable bonds is 6. The SMILES string of the molecule is O=C(Nc1ccccc1)c1ccc(S(=O)(=O)NCCO)cc1. The van der Waals surface area contributed by atoms with Gasteiger partial charge in [-0.15, -0.1) is 0 Å². The molecule has 0 unspecified atom stereocenters. The lowest BCUT2D eigenvalue weighted by atomic mass is 10.2. The minimum atomic E-state index is -3.67. The van der Waals surface area contributed by atoms with Crippen LogP contribution in [0.25, 0.3) is 0 Å². The molecular weight excluding hydrogens is 304 g/mol. The highest BCUT2D eigenvalue weighted by molar-refractivity contribution is 7.89. The van der Waals surface area contributed by atoms with Crippen LogP contribution in [0.4, 0.5) is 5.69 Å². The number of hydrogen-bond acceptors (Lipinski definition) is 4. The Morgan fingerprint density at radius 2 is 1.64 bits per heavy atom. The fourth-order valence-corrected chi connectivity index (χ4v) is 2.79. The van der Waals surface area contributed by atoms with E-state index in [1.165, 1.54) is 24.3 Å². The molecule has 0 bridgehead atoms. The van der Waals surface area contributed by atoms with Crippen molar-refractivity contribution in [1.29, 1.82) is 0 Å². The standard InChI is InChI=1S/C15H16N2O4S/c18-11-10-16-22(20,21)14-8-6-12(7-9-14)15(19)17-13-4-2-1-3-5-13/h1-9,16,18H,10-11H2,(H,17,19). The van der Waals surface area contributed by atoms with E-state index in [4.69, 9.17) is 5.11 Å². The van der Waals surface area contributed by atoms with Crippen molar-refractivity contribution in [3.05, 3.63) is 60.2 Å². The largest absolute Gasteiger partial charge is 0.395 e. The van der Waals surface area contributed by atoms with Crippen LogP contribution in [0.1, 0.15) is 10.4 Å². The minimum absolute atomic E-state index is 0.0391. The third kappa shape index (κ3) is 4.14. The zero-order chi connectivity index (χ0) is 16.0. The zero-order valence-electron chi connectivity index (χ0n) is 11.7. The van der Waals surface area contributed by atoms with Crippen molar-refractivity contribution in [1.82, 2.24) is 4.72 Å². The molecule has 0 aliphatic heterocycles. The first-order valence-electron chi connectivity index (χ1n) is 6.60. The van der Waals surface area contributed by atoms with Crippen molar-refractivity contribution in [2.24, 2.45) is 0 Å². The topological polar surface area (TPSA) is 95.5 Å². The van der Waals surface area contributed by atoms with Gasteiger partial charge in [-0.05, 0) is 36.4 Å². The molecule has 6 nitrogen and oxygen atoms in total. The molecule has 7 heteroatoms. The second kappa shape index (κ2) is 7.17. The first-order chi connectivity index (χ1) is 10.5. The van der Waals surface area contributed by atoms with E-state index in [-0.39, 0.29) is 24.0 Å². The maximum Gasteiger partial charge on any atom is 0.255 e. The van der Waals surface area contributed by atoms with Crippen LogP contribution in [0, 0.1) is 0 Å². The zero-order valence-corrected chi connectivity index (χ0v) is 12.5. The summed E-state index contributed by atoms with van der Waals surface area (Å²) in [6.45, 7) is -0.338. The van der Waals surface area contributed by atoms with Gasteiger partial charge < -0.3 is 10.4 Å². The Morgan fingerprint density at radius 1 is 1.00 bits per heavy atom. The number of carbonyl (C=O) groups is 1. The Balaban J connectivity index is 2.10. The monoisotopic (exact) mass is 320 g/mol. The molecule has 0 heterocycles. The molecule has 0 radical (unpaired) electrons. The number of aliphatic hydroxyl groups excluding tert-OH is 1. The summed E-state index contributed by atoms with van der Waals surface area (Å²) in [5.41, 5.74) is 1.01. The van der Waals surface area contributed by atoms with Crippen LogP contribution >= 0.6 is 0 Å². The number of nitrogens with one attached hydrogen (secondary N) is 2. The molecule has 116 valence electrons. The quantitative estimate of drug-likeness (QED) is 0.745. The van der Waals surface area contributed by atoms with E-state index in [1.54, 1.807) is 24.3 Å². The van der Waals surface area contributed by atoms with Crippen LogP contribution in [0.2, 0.25) is 0 Å². The predicted octanol–water partition coefficient (Wildman–Crippen LogP) is 1.21. The number of hydrogen-bond donors (Lipinski definition) is 3. The Bertz CT molecular complexity index is 728. The van der Waals surface area contributed by atoms with Gasteiger partial charge in [0, 0.05) is 17.8 Å². The summed E-state index contributed by atoms with van der Waals surface area (Å²) in [4.78, 5) is 12.1. The average molecular weight is 320 g/mol. The summed E-state index contributed by atoms with van der Waals surface area (Å²) in [5, 5.41) is 11.4. The van der Waals surface area contributed by atoms with E-state index in [2.05, 4.69) is 10.0 Å². The Hall–Kier alpha value is -2.22. The normalized spacial score (nSPS) is 11.1. The summed E-state index contributed by atoms with van der Waals surface area (Å²) in [5.74, 6) is -0.321. The number of aliphatic hydroxyl groups is 1. The molecule has 0 aliphatic rings. The van der Waals surface area contributed by atoms with Crippen LogP contribution in [-0.4, -0.2) is 32.6 Å². The molecule has 2 aromatic rings. The van der Waals surface area contributed by atoms with E-state index in [0.29, 0.717) is 11.3 Å². The highest BCUT2D eigenvalue weighted by Crippen LogP contribution is 2.12. The lowest BCUT2D eigenvalue weighted by Gasteiger charge is -2.07. The van der Waals surface area contributed by atoms with Gasteiger partial charge in [-0.3, -0.25) is 4.79 Å². The molecule has 0 fully saturated rings. The van der Waals surface area contributed by atoms with Crippen LogP contribution in [-0.2, 0) is 10.0 Å². The highest BCUT2D eigenvalue weighted by atomic mass is 32.2. The molecule has 0 saturated carbocycles. The predicted molar refractivity (Wildman–Crippen MR) is 83.1 cm³/mol. The van der Waals surface area contributed by atoms with Gasteiger partial charge in [0.25, 0.3) is 5.91 Å². The second-order valence-electron chi connectivity index (χ2n) is 4.47. The lowest BCUT2D eigenvalue weighted by molar-refractivity contribution is 0.102. The molecule has 0 saturated heterocycles. The summed E-state index contributed by atoms with van der Waals surface area (Å²) in [6.07, 6.45) is 0. The molecule has 0 atom stereocenters. The van der Waals surface area contributed by atoms with Crippen LogP contribution in [0.15, 0.2) is 59.5 Å². The van der Waals surface area contributed by atoms with Crippen LogP contribution < -0.4 is 10.0 Å². The van der Waals surface area contributed by atoms with Crippen molar-refractivity contribution >= 4 is 21.6 Å². The maximum atomic E-state index is 12.0. The molecule has 0 aliphatic carbocycles. The summed E-state index contributed by atoms with van der Waals surface area (Å²) in [7, 11) is -3.67. The van der Waals surface area contributed by atoms with Crippen molar-refractivity contribution < 1.29 is 18.3 Å². The molecule has 2 rings (SSSR count). The Labute approximate surface area is 128 Å². The van der Waals surface area contributed by atoms with Gasteiger partial charge >= 0.3 is 0 Å². The number of amides is 1. The lowest BCUT2D eigenvalue weighted by Crippen LogP contribution is -2.26. The smallest absolute Gasteiger partial charge is 0.255 e. The molecule has 0 spiro atoms. The first-order valence-corrected chi connectivity index (χ1v) is 8.08. The fourth-order valence-electron chi connectivity index (χ4n) is 1.77. The third-order valence-electron chi connectivity index (χ3n) is 2.86. The van der Waals surface area contributed by atoms with Crippen molar-refractivity contribution in [2.45, 2.75) is 4.90 Å². The third-order valence-corrected chi connectivity index (χ3v) is 4.34. The van der Waals surface area contributed by atoms with Crippen molar-refractivity contribution in [2.75, 3.05) is 18.5 Å². The van der Waals surface area contributed by atoms with Crippen molar-refractivity contribution in [3.8, 4) is 0 Å². The van der Waals surface area contributed by atoms with Crippen LogP contribution in [0.3, 0.4) is 0 Å². The van der Waals surface area contributed by atoms with Gasteiger partial charge in [0.15, 0.2) is 0 Å². The van der Waals surface area contributed by atoms with E-state index in [0.717, 1.165) is 0 Å². The number of benzene rings is 2. The van der Waals surface area contributed by atoms with Gasteiger partial charge in [-0.25, -0.2) is 13.1 Å². The maximum absolute atomic E-state index is 12.0. The summed E-state index contributed by atoms with van der Waals surface area (Å²) < 4.78 is 25.9. The van der Waals surface area contributed by atoms with E-state index >= 15 is 0 Å². The molecule has 0 aromatic heterocycles. The molecule has 2 aromatic carbocycles. The van der Waals surface area contributed by atoms with Gasteiger partial charge in [0.1, 0.15) is 0 Å². The van der Waals surface area contributed by atoms with Crippen molar-refractivity contribution in [3.63, 3.8) is 0 Å². The van der Waals surface area contributed by atoms with E-state index in [9.17, 15) is 13.2 Å². The summed E-state index contributed by atoms with van der Waals surface area (Å²) >= 11 is 0. The van der Waals surface area contributed by atoms with Gasteiger partial charge in [0.05, 0.1) is 11.5 Å². The van der Waals surface area contributed by atoms with Gasteiger partial charge in [-0.1, -0.05) is 18.2 Å². The fraction of sp³-hybridized carbons (Fsp3) is 0.133. The highest BCUT2D eigenvalue weighted by Gasteiger charge is 2.14. The number of anilines is 1. The second-order valence-corrected chi connectivity index (χ2v) is 6.23. The molecule has 22 heavy (non-hydrogen) atoms. The Morgan fingerprint density at radius 3 is 2.23 bits per heavy atom. The number of para-hydroxylation sites is 1. The average Bonchev–Trinajstić information content (AvgIpc) is 2.54. The summed E-state index contributed by atoms with van der Waals surface area (Å²) in [6, 6.07) is 14.5. The molecule has 3 N–H and O–H groups in total. The molecular formula is C15H16N2O4S.